The van der Waals surface area contributed by atoms with Gasteiger partial charge in [0.15, 0.2) is 5.78 Å². The maximum absolute atomic E-state index is 12.9. The van der Waals surface area contributed by atoms with Crippen molar-refractivity contribution in [1.82, 2.24) is 20.2 Å². The van der Waals surface area contributed by atoms with E-state index in [2.05, 4.69) is 21.5 Å². The topological polar surface area (TPSA) is 90.9 Å². The number of hydrogen-bond donors (Lipinski definition) is 0. The van der Waals surface area contributed by atoms with Crippen LogP contribution in [0.25, 0.3) is 11.4 Å². The average Bonchev–Trinajstić information content (AvgIpc) is 3.28. The minimum absolute atomic E-state index is 0.0553. The molecule has 2 heterocycles. The molecule has 4 rings (SSSR count). The highest BCUT2D eigenvalue weighted by Crippen LogP contribution is 2.40. The summed E-state index contributed by atoms with van der Waals surface area (Å²) in [6.45, 7) is -0.162. The van der Waals surface area contributed by atoms with Crippen LogP contribution in [0.3, 0.4) is 0 Å². The van der Waals surface area contributed by atoms with Gasteiger partial charge in [-0.2, -0.15) is 10.1 Å². The molecule has 1 aromatic heterocycles. The van der Waals surface area contributed by atoms with E-state index in [-0.39, 0.29) is 17.9 Å². The zero-order valence-corrected chi connectivity index (χ0v) is 15.4. The molecule has 0 aliphatic carbocycles. The summed E-state index contributed by atoms with van der Waals surface area (Å²) in [6.07, 6.45) is 0. The van der Waals surface area contributed by atoms with E-state index in [9.17, 15) is 10.1 Å². The van der Waals surface area contributed by atoms with Crippen LogP contribution in [-0.2, 0) is 11.3 Å². The van der Waals surface area contributed by atoms with Crippen LogP contribution >= 0.6 is 0 Å². The highest BCUT2D eigenvalue weighted by atomic mass is 16.1. The summed E-state index contributed by atoms with van der Waals surface area (Å²) < 4.78 is 0. The lowest BCUT2D eigenvalue weighted by atomic mass is 10.1. The van der Waals surface area contributed by atoms with Crippen molar-refractivity contribution in [3.05, 3.63) is 66.0 Å². The van der Waals surface area contributed by atoms with Crippen LogP contribution in [0.15, 0.2) is 66.0 Å². The van der Waals surface area contributed by atoms with Gasteiger partial charge in [-0.05, 0) is 17.3 Å². The molecule has 0 spiro atoms. The third-order valence-corrected chi connectivity index (χ3v) is 4.62. The number of anilines is 2. The fourth-order valence-corrected chi connectivity index (χ4v) is 3.28. The number of nitriles is 1. The lowest BCUT2D eigenvalue weighted by Crippen LogP contribution is -2.27. The second-order valence-electron chi connectivity index (χ2n) is 6.35. The summed E-state index contributed by atoms with van der Waals surface area (Å²) in [5.41, 5.74) is 2.74. The van der Waals surface area contributed by atoms with Crippen LogP contribution in [-0.4, -0.2) is 40.1 Å². The third kappa shape index (κ3) is 2.89. The number of tetrazole rings is 1. The van der Waals surface area contributed by atoms with Gasteiger partial charge in [0.05, 0.1) is 11.4 Å². The number of para-hydroxylation sites is 2. The van der Waals surface area contributed by atoms with Crippen LogP contribution in [0.2, 0.25) is 0 Å². The number of fused-ring (bicyclic) bond motifs is 1. The Morgan fingerprint density at radius 3 is 2.21 bits per heavy atom. The molecule has 3 aromatic rings. The van der Waals surface area contributed by atoms with Crippen molar-refractivity contribution in [3.63, 3.8) is 0 Å². The van der Waals surface area contributed by atoms with Gasteiger partial charge in [0.2, 0.25) is 5.82 Å². The minimum Gasteiger partial charge on any atom is -0.328 e. The van der Waals surface area contributed by atoms with Gasteiger partial charge in [0.25, 0.3) is 0 Å². The Labute approximate surface area is 161 Å². The molecule has 1 aliphatic heterocycles. The standard InChI is InChI=1S/C20H17N7O/c1-25-16-10-6-7-11-17(16)26(2)20(25)15(12-21)18(28)13-27-23-19(22-24-27)14-8-4-3-5-9-14/h3-11H,13H2,1-2H3. The highest BCUT2D eigenvalue weighted by Gasteiger charge is 2.31. The van der Waals surface area contributed by atoms with E-state index in [1.54, 1.807) is 0 Å². The van der Waals surface area contributed by atoms with Crippen molar-refractivity contribution in [2.45, 2.75) is 6.54 Å². The average molecular weight is 371 g/mol. The Balaban J connectivity index is 1.62. The molecule has 1 aliphatic rings. The molecule has 2 aromatic carbocycles. The number of aromatic nitrogens is 4. The molecule has 0 bridgehead atoms. The lowest BCUT2D eigenvalue weighted by Gasteiger charge is -2.19. The predicted molar refractivity (Wildman–Crippen MR) is 104 cm³/mol. The van der Waals surface area contributed by atoms with Gasteiger partial charge >= 0.3 is 0 Å². The maximum atomic E-state index is 12.9. The molecule has 0 radical (unpaired) electrons. The Hall–Kier alpha value is -3.99. The van der Waals surface area contributed by atoms with Crippen molar-refractivity contribution in [2.24, 2.45) is 0 Å². The van der Waals surface area contributed by atoms with E-state index in [0.717, 1.165) is 16.9 Å². The molecule has 8 heteroatoms. The zero-order valence-electron chi connectivity index (χ0n) is 15.4. The number of nitrogens with zero attached hydrogens (tertiary/aromatic N) is 7. The Morgan fingerprint density at radius 1 is 1.00 bits per heavy atom. The van der Waals surface area contributed by atoms with Crippen molar-refractivity contribution in [2.75, 3.05) is 23.9 Å². The monoisotopic (exact) mass is 371 g/mol. The first-order chi connectivity index (χ1) is 13.6. The van der Waals surface area contributed by atoms with Gasteiger partial charge < -0.3 is 9.80 Å². The molecule has 0 saturated carbocycles. The van der Waals surface area contributed by atoms with E-state index < -0.39 is 0 Å². The first-order valence-electron chi connectivity index (χ1n) is 8.67. The molecular weight excluding hydrogens is 354 g/mol. The van der Waals surface area contributed by atoms with Gasteiger partial charge in [0.1, 0.15) is 24.0 Å². The number of carbonyl (C=O) groups is 1. The van der Waals surface area contributed by atoms with Crippen molar-refractivity contribution in [3.8, 4) is 17.5 Å². The minimum atomic E-state index is -0.374. The maximum Gasteiger partial charge on any atom is 0.204 e. The van der Waals surface area contributed by atoms with E-state index in [1.165, 1.54) is 4.80 Å². The Kier molecular flexibility index (Phi) is 4.33. The summed E-state index contributed by atoms with van der Waals surface area (Å²) in [5, 5.41) is 21.9. The van der Waals surface area contributed by atoms with Crippen LogP contribution < -0.4 is 9.80 Å². The molecular formula is C20H17N7O. The molecule has 0 N–H and O–H groups in total. The summed E-state index contributed by atoms with van der Waals surface area (Å²) in [7, 11) is 3.67. The van der Waals surface area contributed by atoms with Crippen LogP contribution in [0.5, 0.6) is 0 Å². The second kappa shape index (κ2) is 6.96. The zero-order chi connectivity index (χ0) is 19.7. The second-order valence-corrected chi connectivity index (χ2v) is 6.35. The number of allylic oxidation sites excluding steroid dienone is 1. The number of benzene rings is 2. The predicted octanol–water partition coefficient (Wildman–Crippen LogP) is 2.23. The highest BCUT2D eigenvalue weighted by molar-refractivity contribution is 6.02. The Bertz CT molecular complexity index is 1080. The molecule has 138 valence electrons. The molecule has 8 nitrogen and oxygen atoms in total. The number of ketones is 1. The van der Waals surface area contributed by atoms with Gasteiger partial charge in [-0.1, -0.05) is 42.5 Å². The summed E-state index contributed by atoms with van der Waals surface area (Å²) in [4.78, 5) is 17.8. The van der Waals surface area contributed by atoms with E-state index >= 15 is 0 Å². The first kappa shape index (κ1) is 17.4. The van der Waals surface area contributed by atoms with Crippen LogP contribution in [0.4, 0.5) is 11.4 Å². The van der Waals surface area contributed by atoms with Gasteiger partial charge in [-0.25, -0.2) is 0 Å². The third-order valence-electron chi connectivity index (χ3n) is 4.62. The van der Waals surface area contributed by atoms with Crippen molar-refractivity contribution < 1.29 is 4.79 Å². The summed E-state index contributed by atoms with van der Waals surface area (Å²) in [6, 6.07) is 19.2. The quantitative estimate of drug-likeness (QED) is 0.513. The Morgan fingerprint density at radius 2 is 1.61 bits per heavy atom. The fraction of sp³-hybridized carbons (Fsp3) is 0.150. The van der Waals surface area contributed by atoms with Gasteiger partial charge in [-0.3, -0.25) is 4.79 Å². The van der Waals surface area contributed by atoms with Crippen molar-refractivity contribution in [1.29, 1.82) is 5.26 Å². The molecule has 0 atom stereocenters. The number of Topliss-reactive ketones (excluding diaryl/α,β-unsaturated/α-hetero) is 1. The van der Waals surface area contributed by atoms with E-state index in [1.807, 2.05) is 78.5 Å². The number of rotatable bonds is 4. The SMILES string of the molecule is CN1C(=C(C#N)C(=O)Cn2nnc(-c3ccccc3)n2)N(C)c2ccccc21. The lowest BCUT2D eigenvalue weighted by molar-refractivity contribution is -0.116. The van der Waals surface area contributed by atoms with Crippen LogP contribution in [0.1, 0.15) is 0 Å². The molecule has 28 heavy (non-hydrogen) atoms. The fourth-order valence-electron chi connectivity index (χ4n) is 3.28. The molecule has 0 unspecified atom stereocenters. The largest absolute Gasteiger partial charge is 0.328 e. The van der Waals surface area contributed by atoms with E-state index in [4.69, 9.17) is 0 Å². The molecule has 0 amide bonds. The van der Waals surface area contributed by atoms with E-state index in [0.29, 0.717) is 11.6 Å². The molecule has 0 saturated heterocycles. The number of carbonyl (C=O) groups excluding carboxylic acids is 1. The summed E-state index contributed by atoms with van der Waals surface area (Å²) in [5.74, 6) is 0.597. The smallest absolute Gasteiger partial charge is 0.204 e. The normalized spacial score (nSPS) is 12.7. The van der Waals surface area contributed by atoms with Crippen LogP contribution in [0, 0.1) is 11.3 Å². The van der Waals surface area contributed by atoms with Crippen molar-refractivity contribution >= 4 is 17.2 Å². The van der Waals surface area contributed by atoms with Gasteiger partial charge in [0, 0.05) is 19.7 Å². The molecule has 0 fully saturated rings. The number of hydrogen-bond acceptors (Lipinski definition) is 7. The summed E-state index contributed by atoms with van der Waals surface area (Å²) >= 11 is 0. The van der Waals surface area contributed by atoms with Gasteiger partial charge in [-0.15, -0.1) is 10.2 Å². The first-order valence-corrected chi connectivity index (χ1v) is 8.67.